The van der Waals surface area contributed by atoms with Crippen LogP contribution in [0, 0.1) is 0 Å². The molecule has 0 saturated heterocycles. The third kappa shape index (κ3) is 4.03. The molecular formula is C12H18O5S. The normalized spacial score (nSPS) is 22.2. The maximum absolute atomic E-state index is 11.7. The van der Waals surface area contributed by atoms with Gasteiger partial charge in [0.05, 0.1) is 13.2 Å². The highest BCUT2D eigenvalue weighted by atomic mass is 32.2. The molecule has 1 rings (SSSR count). The van der Waals surface area contributed by atoms with Crippen LogP contribution in [0.25, 0.3) is 0 Å². The number of ether oxygens (including phenoxy) is 3. The monoisotopic (exact) mass is 274 g/mol. The van der Waals surface area contributed by atoms with E-state index in [1.165, 1.54) is 11.8 Å². The van der Waals surface area contributed by atoms with Gasteiger partial charge in [0, 0.05) is 6.42 Å². The molecule has 18 heavy (non-hydrogen) atoms. The first kappa shape index (κ1) is 15.0. The van der Waals surface area contributed by atoms with Gasteiger partial charge in [-0.2, -0.15) is 0 Å². The summed E-state index contributed by atoms with van der Waals surface area (Å²) in [5.41, 5.74) is 0. The zero-order valence-electron chi connectivity index (χ0n) is 10.8. The highest BCUT2D eigenvalue weighted by molar-refractivity contribution is 8.03. The van der Waals surface area contributed by atoms with Crippen LogP contribution in [0.3, 0.4) is 0 Å². The number of carbonyl (C=O) groups excluding carboxylic acids is 2. The second kappa shape index (κ2) is 6.80. The zero-order valence-corrected chi connectivity index (χ0v) is 11.6. The molecule has 1 aliphatic heterocycles. The molecule has 0 aromatic rings. The van der Waals surface area contributed by atoms with Gasteiger partial charge < -0.3 is 14.2 Å². The molecule has 1 atom stereocenters. The summed E-state index contributed by atoms with van der Waals surface area (Å²) in [5, 5.41) is 1.88. The lowest BCUT2D eigenvalue weighted by Gasteiger charge is -2.27. The van der Waals surface area contributed by atoms with Gasteiger partial charge in [0.15, 0.2) is 0 Å². The predicted octanol–water partition coefficient (Wildman–Crippen LogP) is 1.86. The Balaban J connectivity index is 2.70. The van der Waals surface area contributed by atoms with Crippen molar-refractivity contribution in [1.29, 1.82) is 0 Å². The van der Waals surface area contributed by atoms with Crippen molar-refractivity contribution in [3.05, 3.63) is 11.5 Å². The van der Waals surface area contributed by atoms with Crippen LogP contribution >= 0.6 is 11.8 Å². The van der Waals surface area contributed by atoms with Gasteiger partial charge in [-0.3, -0.25) is 0 Å². The summed E-state index contributed by atoms with van der Waals surface area (Å²) < 4.78 is 15.2. The van der Waals surface area contributed by atoms with Crippen LogP contribution < -0.4 is 0 Å². The highest BCUT2D eigenvalue weighted by Crippen LogP contribution is 2.38. The molecule has 0 aromatic heterocycles. The van der Waals surface area contributed by atoms with E-state index in [1.54, 1.807) is 13.8 Å². The van der Waals surface area contributed by atoms with Crippen molar-refractivity contribution in [3.63, 3.8) is 0 Å². The molecule has 1 heterocycles. The van der Waals surface area contributed by atoms with Crippen molar-refractivity contribution in [2.24, 2.45) is 0 Å². The molecule has 6 heteroatoms. The Labute approximate surface area is 111 Å². The first-order chi connectivity index (χ1) is 8.52. The Hall–Kier alpha value is -1.01. The van der Waals surface area contributed by atoms with E-state index in [2.05, 4.69) is 0 Å². The third-order valence-electron chi connectivity index (χ3n) is 2.27. The zero-order chi connectivity index (χ0) is 13.6. The number of rotatable bonds is 6. The van der Waals surface area contributed by atoms with Crippen molar-refractivity contribution in [2.45, 2.75) is 38.2 Å². The highest BCUT2D eigenvalue weighted by Gasteiger charge is 2.39. The number of hydrogen-bond donors (Lipinski definition) is 0. The molecule has 0 bridgehead atoms. The molecular weight excluding hydrogens is 256 g/mol. The lowest BCUT2D eigenvalue weighted by molar-refractivity contribution is -0.178. The van der Waals surface area contributed by atoms with Crippen molar-refractivity contribution < 1.29 is 23.8 Å². The van der Waals surface area contributed by atoms with Gasteiger partial charge in [0.1, 0.15) is 4.93 Å². The maximum Gasteiger partial charge on any atom is 0.347 e. The lowest BCUT2D eigenvalue weighted by Crippen LogP contribution is -2.41. The van der Waals surface area contributed by atoms with Crippen LogP contribution in [-0.2, 0) is 23.8 Å². The van der Waals surface area contributed by atoms with Crippen LogP contribution in [0.2, 0.25) is 0 Å². The second-order valence-electron chi connectivity index (χ2n) is 3.83. The summed E-state index contributed by atoms with van der Waals surface area (Å²) in [7, 11) is 0. The first-order valence-corrected chi connectivity index (χ1v) is 6.74. The quantitative estimate of drug-likeness (QED) is 0.544. The van der Waals surface area contributed by atoms with Crippen LogP contribution in [-0.4, -0.2) is 36.2 Å². The molecule has 0 radical (unpaired) electrons. The minimum absolute atomic E-state index is 0.195. The molecule has 0 spiro atoms. The van der Waals surface area contributed by atoms with Crippen LogP contribution in [0.15, 0.2) is 11.5 Å². The SMILES string of the molecule is CCOC(=O)C(OC1(C)CC=CS1)C(=O)OCC. The molecule has 0 fully saturated rings. The standard InChI is InChI=1S/C12H18O5S/c1-4-15-10(13)9(11(14)16-5-2)17-12(3)7-6-8-18-12/h6,8-9H,4-5,7H2,1-3H3. The molecule has 102 valence electrons. The van der Waals surface area contributed by atoms with Crippen molar-refractivity contribution in [2.75, 3.05) is 13.2 Å². The average Bonchev–Trinajstić information content (AvgIpc) is 2.74. The molecule has 5 nitrogen and oxygen atoms in total. The Kier molecular flexibility index (Phi) is 5.68. The summed E-state index contributed by atoms with van der Waals surface area (Å²) in [6.45, 7) is 5.56. The van der Waals surface area contributed by atoms with E-state index in [9.17, 15) is 9.59 Å². The summed E-state index contributed by atoms with van der Waals surface area (Å²) in [6.07, 6.45) is 1.24. The van der Waals surface area contributed by atoms with E-state index in [4.69, 9.17) is 14.2 Å². The number of esters is 2. The number of thioether (sulfide) groups is 1. The fraction of sp³-hybridized carbons (Fsp3) is 0.667. The summed E-state index contributed by atoms with van der Waals surface area (Å²) in [5.74, 6) is -1.41. The Morgan fingerprint density at radius 3 is 2.22 bits per heavy atom. The first-order valence-electron chi connectivity index (χ1n) is 5.86. The van der Waals surface area contributed by atoms with Crippen molar-refractivity contribution >= 4 is 23.7 Å². The molecule has 0 aromatic carbocycles. The fourth-order valence-electron chi connectivity index (χ4n) is 1.46. The van der Waals surface area contributed by atoms with Gasteiger partial charge in [-0.05, 0) is 26.2 Å². The number of carbonyl (C=O) groups is 2. The minimum Gasteiger partial charge on any atom is -0.464 e. The Bertz CT molecular complexity index is 313. The molecule has 0 aliphatic carbocycles. The van der Waals surface area contributed by atoms with E-state index in [0.29, 0.717) is 6.42 Å². The van der Waals surface area contributed by atoms with E-state index >= 15 is 0 Å². The van der Waals surface area contributed by atoms with Gasteiger partial charge in [-0.15, -0.1) is 0 Å². The Morgan fingerprint density at radius 1 is 1.28 bits per heavy atom. The molecule has 1 unspecified atom stereocenters. The van der Waals surface area contributed by atoms with Gasteiger partial charge in [0.2, 0.25) is 0 Å². The summed E-state index contributed by atoms with van der Waals surface area (Å²) in [4.78, 5) is 22.8. The second-order valence-corrected chi connectivity index (χ2v) is 5.20. The van der Waals surface area contributed by atoms with Gasteiger partial charge >= 0.3 is 11.9 Å². The van der Waals surface area contributed by atoms with E-state index in [-0.39, 0.29) is 13.2 Å². The average molecular weight is 274 g/mol. The molecule has 1 aliphatic rings. The van der Waals surface area contributed by atoms with Gasteiger partial charge in [-0.1, -0.05) is 17.8 Å². The smallest absolute Gasteiger partial charge is 0.347 e. The summed E-state index contributed by atoms with van der Waals surface area (Å²) >= 11 is 1.43. The molecule has 0 amide bonds. The third-order valence-corrected chi connectivity index (χ3v) is 3.36. The van der Waals surface area contributed by atoms with Crippen molar-refractivity contribution in [3.8, 4) is 0 Å². The molecule has 0 N–H and O–H groups in total. The van der Waals surface area contributed by atoms with Crippen LogP contribution in [0.1, 0.15) is 27.2 Å². The topological polar surface area (TPSA) is 61.8 Å². The fourth-order valence-corrected chi connectivity index (χ4v) is 2.28. The van der Waals surface area contributed by atoms with E-state index in [0.717, 1.165) is 0 Å². The lowest BCUT2D eigenvalue weighted by atomic mass is 10.2. The van der Waals surface area contributed by atoms with E-state index in [1.807, 2.05) is 18.4 Å². The Morgan fingerprint density at radius 2 is 1.83 bits per heavy atom. The summed E-state index contributed by atoms with van der Waals surface area (Å²) in [6, 6.07) is 0. The van der Waals surface area contributed by atoms with Crippen molar-refractivity contribution in [1.82, 2.24) is 0 Å². The number of hydrogen-bond acceptors (Lipinski definition) is 6. The minimum atomic E-state index is -1.32. The largest absolute Gasteiger partial charge is 0.464 e. The van der Waals surface area contributed by atoms with Crippen LogP contribution in [0.5, 0.6) is 0 Å². The van der Waals surface area contributed by atoms with Gasteiger partial charge in [-0.25, -0.2) is 9.59 Å². The van der Waals surface area contributed by atoms with Crippen LogP contribution in [0.4, 0.5) is 0 Å². The maximum atomic E-state index is 11.7. The van der Waals surface area contributed by atoms with Gasteiger partial charge in [0.25, 0.3) is 6.10 Å². The molecule has 0 saturated carbocycles. The van der Waals surface area contributed by atoms with E-state index < -0.39 is 23.0 Å². The predicted molar refractivity (Wildman–Crippen MR) is 67.9 cm³/mol.